The molecule has 188 valence electrons. The van der Waals surface area contributed by atoms with Crippen LogP contribution >= 0.6 is 0 Å². The lowest BCUT2D eigenvalue weighted by Crippen LogP contribution is -2.27. The molecule has 7 heteroatoms. The van der Waals surface area contributed by atoms with Crippen molar-refractivity contribution in [2.75, 3.05) is 25.1 Å². The Kier molecular flexibility index (Phi) is 6.24. The van der Waals surface area contributed by atoms with Crippen molar-refractivity contribution in [2.24, 2.45) is 0 Å². The van der Waals surface area contributed by atoms with E-state index in [1.165, 1.54) is 0 Å². The molecule has 0 saturated carbocycles. The fourth-order valence-electron chi connectivity index (χ4n) is 4.85. The molecular formula is C29H33N3O4. The number of hydrogen-bond acceptors (Lipinski definition) is 6. The van der Waals surface area contributed by atoms with E-state index in [1.54, 1.807) is 11.7 Å². The van der Waals surface area contributed by atoms with Gasteiger partial charge in [0.15, 0.2) is 11.5 Å². The summed E-state index contributed by atoms with van der Waals surface area (Å²) in [6.45, 7) is 9.88. The molecule has 0 amide bonds. The minimum absolute atomic E-state index is 0.384. The number of hydrogen-bond donors (Lipinski definition) is 0. The summed E-state index contributed by atoms with van der Waals surface area (Å²) in [5.41, 5.74) is 2.82. The predicted octanol–water partition coefficient (Wildman–Crippen LogP) is 6.47. The van der Waals surface area contributed by atoms with Crippen LogP contribution in [0.15, 0.2) is 48.7 Å². The number of carbonyl (C=O) groups is 1. The fraction of sp³-hybridized carbons (Fsp3) is 0.379. The number of benzene rings is 2. The summed E-state index contributed by atoms with van der Waals surface area (Å²) < 4.78 is 19.5. The van der Waals surface area contributed by atoms with Gasteiger partial charge in [-0.05, 0) is 57.7 Å². The molecule has 2 aromatic carbocycles. The second-order valence-electron chi connectivity index (χ2n) is 10.3. The number of pyridine rings is 1. The Morgan fingerprint density at radius 1 is 1.06 bits per heavy atom. The molecule has 5 rings (SSSR count). The van der Waals surface area contributed by atoms with Gasteiger partial charge in [0.2, 0.25) is 0 Å². The molecule has 1 fully saturated rings. The first kappa shape index (κ1) is 24.0. The molecule has 0 spiro atoms. The van der Waals surface area contributed by atoms with Gasteiger partial charge in [-0.1, -0.05) is 30.3 Å². The second-order valence-corrected chi connectivity index (χ2v) is 10.3. The smallest absolute Gasteiger partial charge is 0.419 e. The molecule has 0 unspecified atom stereocenters. The average Bonchev–Trinajstić information content (AvgIpc) is 3.49. The van der Waals surface area contributed by atoms with Gasteiger partial charge in [0.1, 0.15) is 18.0 Å². The molecular weight excluding hydrogens is 454 g/mol. The zero-order valence-electron chi connectivity index (χ0n) is 21.6. The number of anilines is 1. The van der Waals surface area contributed by atoms with Gasteiger partial charge in [0.05, 0.1) is 23.5 Å². The van der Waals surface area contributed by atoms with E-state index in [-0.39, 0.29) is 0 Å². The molecule has 1 aliphatic rings. The van der Waals surface area contributed by atoms with Crippen LogP contribution in [0.5, 0.6) is 11.5 Å². The van der Waals surface area contributed by atoms with Crippen molar-refractivity contribution >= 4 is 33.7 Å². The number of rotatable bonds is 5. The Bertz CT molecular complexity index is 1410. The van der Waals surface area contributed by atoms with Crippen molar-refractivity contribution in [1.29, 1.82) is 0 Å². The van der Waals surface area contributed by atoms with Crippen molar-refractivity contribution in [3.8, 4) is 11.5 Å². The molecule has 1 aliphatic heterocycles. The van der Waals surface area contributed by atoms with Crippen LogP contribution in [0.1, 0.15) is 44.7 Å². The Morgan fingerprint density at radius 3 is 2.44 bits per heavy atom. The zero-order chi connectivity index (χ0) is 25.4. The van der Waals surface area contributed by atoms with Crippen LogP contribution in [0.25, 0.3) is 21.8 Å². The highest BCUT2D eigenvalue weighted by atomic mass is 16.6. The van der Waals surface area contributed by atoms with Crippen LogP contribution in [0.3, 0.4) is 0 Å². The van der Waals surface area contributed by atoms with Gasteiger partial charge < -0.3 is 19.1 Å². The van der Waals surface area contributed by atoms with E-state index in [1.807, 2.05) is 76.4 Å². The quantitative estimate of drug-likeness (QED) is 0.321. The van der Waals surface area contributed by atoms with Crippen LogP contribution in [-0.2, 0) is 11.3 Å². The number of carbonyl (C=O) groups excluding carboxylic acids is 1. The maximum absolute atomic E-state index is 13.6. The van der Waals surface area contributed by atoms with Crippen LogP contribution in [0.2, 0.25) is 0 Å². The Morgan fingerprint density at radius 2 is 1.78 bits per heavy atom. The molecule has 0 N–H and O–H groups in total. The number of aryl methyl sites for hydroxylation is 1. The Labute approximate surface area is 211 Å². The zero-order valence-corrected chi connectivity index (χ0v) is 21.6. The Balaban J connectivity index is 1.75. The van der Waals surface area contributed by atoms with Gasteiger partial charge in [0.25, 0.3) is 0 Å². The van der Waals surface area contributed by atoms with E-state index in [2.05, 4.69) is 4.90 Å². The van der Waals surface area contributed by atoms with Gasteiger partial charge in [-0.25, -0.2) is 14.3 Å². The summed E-state index contributed by atoms with van der Waals surface area (Å²) in [5, 5.41) is 1.82. The molecule has 0 aliphatic carbocycles. The maximum Gasteiger partial charge on any atom is 0.419 e. The first-order valence-electron chi connectivity index (χ1n) is 12.4. The minimum Gasteiger partial charge on any atom is -0.493 e. The SMILES string of the molecule is COc1cc2c3c(N4CCCC4)ncc(C)c3n(C(=O)OC(C)(C)C)c2cc1OCc1ccccc1. The minimum atomic E-state index is -0.641. The third kappa shape index (κ3) is 4.45. The predicted molar refractivity (Wildman–Crippen MR) is 142 cm³/mol. The van der Waals surface area contributed by atoms with Gasteiger partial charge >= 0.3 is 6.09 Å². The van der Waals surface area contributed by atoms with E-state index >= 15 is 0 Å². The highest BCUT2D eigenvalue weighted by Gasteiger charge is 2.28. The second kappa shape index (κ2) is 9.37. The molecule has 1 saturated heterocycles. The van der Waals surface area contributed by atoms with Gasteiger partial charge in [0, 0.05) is 30.7 Å². The van der Waals surface area contributed by atoms with E-state index < -0.39 is 11.7 Å². The largest absolute Gasteiger partial charge is 0.493 e. The highest BCUT2D eigenvalue weighted by molar-refractivity contribution is 6.18. The van der Waals surface area contributed by atoms with Crippen molar-refractivity contribution in [3.63, 3.8) is 0 Å². The van der Waals surface area contributed by atoms with E-state index in [0.29, 0.717) is 23.6 Å². The van der Waals surface area contributed by atoms with Crippen LogP contribution < -0.4 is 14.4 Å². The number of methoxy groups -OCH3 is 1. The first-order valence-corrected chi connectivity index (χ1v) is 12.4. The van der Waals surface area contributed by atoms with Crippen LogP contribution in [0.4, 0.5) is 10.6 Å². The lowest BCUT2D eigenvalue weighted by molar-refractivity contribution is 0.0551. The summed E-state index contributed by atoms with van der Waals surface area (Å²) in [4.78, 5) is 20.7. The van der Waals surface area contributed by atoms with Crippen molar-refractivity contribution in [3.05, 3.63) is 59.8 Å². The summed E-state index contributed by atoms with van der Waals surface area (Å²) in [6.07, 6.45) is 3.67. The van der Waals surface area contributed by atoms with Crippen LogP contribution in [-0.4, -0.2) is 41.4 Å². The monoisotopic (exact) mass is 487 g/mol. The van der Waals surface area contributed by atoms with E-state index in [9.17, 15) is 4.79 Å². The molecule has 2 aromatic heterocycles. The van der Waals surface area contributed by atoms with Crippen molar-refractivity contribution in [1.82, 2.24) is 9.55 Å². The van der Waals surface area contributed by atoms with E-state index in [4.69, 9.17) is 19.2 Å². The lowest BCUT2D eigenvalue weighted by Gasteiger charge is -2.21. The topological polar surface area (TPSA) is 65.8 Å². The third-order valence-corrected chi connectivity index (χ3v) is 6.45. The molecule has 3 heterocycles. The van der Waals surface area contributed by atoms with Crippen LogP contribution in [0, 0.1) is 6.92 Å². The van der Waals surface area contributed by atoms with Gasteiger partial charge in [-0.15, -0.1) is 0 Å². The van der Waals surface area contributed by atoms with Crippen molar-refractivity contribution < 1.29 is 19.0 Å². The molecule has 0 radical (unpaired) electrons. The van der Waals surface area contributed by atoms with Gasteiger partial charge in [-0.2, -0.15) is 0 Å². The number of fused-ring (bicyclic) bond motifs is 3. The first-order chi connectivity index (χ1) is 17.3. The number of nitrogens with zero attached hydrogens (tertiary/aromatic N) is 3. The summed E-state index contributed by atoms with van der Waals surface area (Å²) in [7, 11) is 1.63. The van der Waals surface area contributed by atoms with Crippen molar-refractivity contribution in [2.45, 2.75) is 52.7 Å². The molecule has 0 bridgehead atoms. The lowest BCUT2D eigenvalue weighted by atomic mass is 10.1. The normalized spacial score (nSPS) is 14.0. The van der Waals surface area contributed by atoms with E-state index in [0.717, 1.165) is 59.2 Å². The molecule has 7 nitrogen and oxygen atoms in total. The molecule has 36 heavy (non-hydrogen) atoms. The number of aromatic nitrogens is 2. The fourth-order valence-corrected chi connectivity index (χ4v) is 4.85. The standard InChI is InChI=1S/C29H33N3O4/c1-19-17-30-27(31-13-9-10-14-31)25-21-15-23(34-5)24(35-18-20-11-7-6-8-12-20)16-22(21)32(26(19)25)28(33)36-29(2,3)4/h6-8,11-12,15-17H,9-10,13-14,18H2,1-5H3. The summed E-state index contributed by atoms with van der Waals surface area (Å²) in [5.74, 6) is 2.06. The maximum atomic E-state index is 13.6. The number of ether oxygens (including phenoxy) is 3. The Hall–Kier alpha value is -3.74. The highest BCUT2D eigenvalue weighted by Crippen LogP contribution is 2.42. The average molecular weight is 488 g/mol. The molecule has 4 aromatic rings. The summed E-state index contributed by atoms with van der Waals surface area (Å²) in [6, 6.07) is 13.8. The summed E-state index contributed by atoms with van der Waals surface area (Å²) >= 11 is 0. The molecule has 0 atom stereocenters. The third-order valence-electron chi connectivity index (χ3n) is 6.45. The van der Waals surface area contributed by atoms with Gasteiger partial charge in [-0.3, -0.25) is 0 Å².